The second-order valence-corrected chi connectivity index (χ2v) is 8.35. The Morgan fingerprint density at radius 1 is 0.536 bits per heavy atom. The second kappa shape index (κ2) is 6.21. The molecule has 0 amide bonds. The Kier molecular flexibility index (Phi) is 3.77. The van der Waals surface area contributed by atoms with Crippen LogP contribution >= 0.6 is 0 Å². The van der Waals surface area contributed by atoms with Crippen LogP contribution in [-0.2, 0) is 5.41 Å². The van der Waals surface area contributed by atoms with Gasteiger partial charge in [0.15, 0.2) is 0 Å². The van der Waals surface area contributed by atoms with Crippen molar-refractivity contribution in [3.63, 3.8) is 0 Å². The SMILES string of the molecule is Cc1ccc2c(c1)C(C)(C)c1cc(-c3ccccc3)cc(-c3ccccc3)c1-2. The molecule has 0 unspecified atom stereocenters. The van der Waals surface area contributed by atoms with Crippen molar-refractivity contribution >= 4 is 0 Å². The Morgan fingerprint density at radius 2 is 1.18 bits per heavy atom. The molecule has 4 aromatic carbocycles. The van der Waals surface area contributed by atoms with E-state index in [0.717, 1.165) is 0 Å². The fourth-order valence-electron chi connectivity index (χ4n) is 4.61. The topological polar surface area (TPSA) is 0 Å². The minimum absolute atomic E-state index is 0.00892. The third-order valence-corrected chi connectivity index (χ3v) is 6.12. The van der Waals surface area contributed by atoms with Crippen molar-refractivity contribution < 1.29 is 0 Å². The lowest BCUT2D eigenvalue weighted by molar-refractivity contribution is 0.660. The molecule has 1 aliphatic carbocycles. The third kappa shape index (κ3) is 2.52. The molecular weight excluding hydrogens is 336 g/mol. The number of benzene rings is 4. The standard InChI is InChI=1S/C28H24/c1-19-14-15-23-25(16-19)28(2,3)26-18-22(20-10-6-4-7-11-20)17-24(27(23)26)21-12-8-5-9-13-21/h4-18H,1-3H3. The Hall–Kier alpha value is -3.12. The molecule has 0 fully saturated rings. The summed E-state index contributed by atoms with van der Waals surface area (Å²) in [4.78, 5) is 0. The Labute approximate surface area is 167 Å². The maximum absolute atomic E-state index is 2.41. The quantitative estimate of drug-likeness (QED) is 0.344. The van der Waals surface area contributed by atoms with Crippen LogP contribution in [0.1, 0.15) is 30.5 Å². The summed E-state index contributed by atoms with van der Waals surface area (Å²) in [7, 11) is 0. The molecule has 0 nitrogen and oxygen atoms in total. The average Bonchev–Trinajstić information content (AvgIpc) is 2.95. The van der Waals surface area contributed by atoms with E-state index in [1.807, 2.05) is 0 Å². The number of aryl methyl sites for hydroxylation is 1. The van der Waals surface area contributed by atoms with Crippen molar-refractivity contribution in [1.29, 1.82) is 0 Å². The van der Waals surface area contributed by atoms with Crippen molar-refractivity contribution in [2.24, 2.45) is 0 Å². The van der Waals surface area contributed by atoms with E-state index in [0.29, 0.717) is 0 Å². The minimum Gasteiger partial charge on any atom is -0.0622 e. The first-order valence-electron chi connectivity index (χ1n) is 9.96. The van der Waals surface area contributed by atoms with Gasteiger partial charge in [0.2, 0.25) is 0 Å². The van der Waals surface area contributed by atoms with Gasteiger partial charge in [-0.15, -0.1) is 0 Å². The van der Waals surface area contributed by atoms with Gasteiger partial charge in [-0.25, -0.2) is 0 Å². The summed E-state index contributed by atoms with van der Waals surface area (Å²) in [5, 5.41) is 0. The second-order valence-electron chi connectivity index (χ2n) is 8.35. The molecule has 0 aliphatic heterocycles. The predicted molar refractivity (Wildman–Crippen MR) is 120 cm³/mol. The zero-order valence-electron chi connectivity index (χ0n) is 16.7. The van der Waals surface area contributed by atoms with Crippen LogP contribution in [0.5, 0.6) is 0 Å². The summed E-state index contributed by atoms with van der Waals surface area (Å²) in [6.45, 7) is 6.91. The molecule has 1 aliphatic rings. The largest absolute Gasteiger partial charge is 0.0622 e. The molecule has 0 N–H and O–H groups in total. The van der Waals surface area contributed by atoms with Crippen LogP contribution in [0, 0.1) is 6.92 Å². The van der Waals surface area contributed by atoms with Crippen molar-refractivity contribution in [2.45, 2.75) is 26.2 Å². The van der Waals surface area contributed by atoms with E-state index in [1.165, 1.54) is 50.1 Å². The molecule has 0 saturated heterocycles. The van der Waals surface area contributed by atoms with Gasteiger partial charge in [0.05, 0.1) is 0 Å². The summed E-state index contributed by atoms with van der Waals surface area (Å²) < 4.78 is 0. The van der Waals surface area contributed by atoms with E-state index in [9.17, 15) is 0 Å². The van der Waals surface area contributed by atoms with Crippen LogP contribution in [0.25, 0.3) is 33.4 Å². The van der Waals surface area contributed by atoms with Crippen LogP contribution < -0.4 is 0 Å². The van der Waals surface area contributed by atoms with Crippen LogP contribution in [0.2, 0.25) is 0 Å². The van der Waals surface area contributed by atoms with Crippen molar-refractivity contribution in [3.05, 3.63) is 108 Å². The molecule has 5 rings (SSSR count). The van der Waals surface area contributed by atoms with Gasteiger partial charge in [-0.05, 0) is 63.6 Å². The smallest absolute Gasteiger partial charge is 0.0159 e. The highest BCUT2D eigenvalue weighted by Gasteiger charge is 2.37. The molecule has 0 radical (unpaired) electrons. The highest BCUT2D eigenvalue weighted by molar-refractivity contribution is 5.95. The van der Waals surface area contributed by atoms with Gasteiger partial charge in [0.25, 0.3) is 0 Å². The van der Waals surface area contributed by atoms with E-state index >= 15 is 0 Å². The Morgan fingerprint density at radius 3 is 1.86 bits per heavy atom. The predicted octanol–water partition coefficient (Wildman–Crippen LogP) is 7.64. The van der Waals surface area contributed by atoms with Crippen LogP contribution in [-0.4, -0.2) is 0 Å². The summed E-state index contributed by atoms with van der Waals surface area (Å²) in [6.07, 6.45) is 0. The zero-order valence-corrected chi connectivity index (χ0v) is 16.7. The molecule has 136 valence electrons. The number of hydrogen-bond acceptors (Lipinski definition) is 0. The highest BCUT2D eigenvalue weighted by Crippen LogP contribution is 2.53. The maximum atomic E-state index is 2.41. The summed E-state index contributed by atoms with van der Waals surface area (Å²) >= 11 is 0. The lowest BCUT2D eigenvalue weighted by Gasteiger charge is -2.23. The molecule has 28 heavy (non-hydrogen) atoms. The molecule has 0 aromatic heterocycles. The van der Waals surface area contributed by atoms with E-state index in [-0.39, 0.29) is 5.41 Å². The average molecular weight is 361 g/mol. The van der Waals surface area contributed by atoms with Crippen LogP contribution in [0.3, 0.4) is 0 Å². The molecule has 0 spiro atoms. The lowest BCUT2D eigenvalue weighted by Crippen LogP contribution is -2.15. The van der Waals surface area contributed by atoms with Gasteiger partial charge in [-0.3, -0.25) is 0 Å². The summed E-state index contributed by atoms with van der Waals surface area (Å²) in [5.74, 6) is 0. The van der Waals surface area contributed by atoms with Gasteiger partial charge < -0.3 is 0 Å². The van der Waals surface area contributed by atoms with Crippen LogP contribution in [0.4, 0.5) is 0 Å². The molecule has 4 aromatic rings. The first-order valence-corrected chi connectivity index (χ1v) is 9.96. The maximum Gasteiger partial charge on any atom is 0.0159 e. The third-order valence-electron chi connectivity index (χ3n) is 6.12. The molecular formula is C28H24. The normalized spacial score (nSPS) is 13.8. The Bertz CT molecular complexity index is 1170. The van der Waals surface area contributed by atoms with Crippen LogP contribution in [0.15, 0.2) is 91.0 Å². The van der Waals surface area contributed by atoms with E-state index in [4.69, 9.17) is 0 Å². The van der Waals surface area contributed by atoms with Crippen molar-refractivity contribution in [1.82, 2.24) is 0 Å². The summed E-state index contributed by atoms with van der Waals surface area (Å²) in [6, 6.07) is 33.2. The molecule has 0 atom stereocenters. The van der Waals surface area contributed by atoms with Gasteiger partial charge >= 0.3 is 0 Å². The van der Waals surface area contributed by atoms with Gasteiger partial charge in [-0.2, -0.15) is 0 Å². The fraction of sp³-hybridized carbons (Fsp3) is 0.143. The van der Waals surface area contributed by atoms with E-state index < -0.39 is 0 Å². The highest BCUT2D eigenvalue weighted by atomic mass is 14.4. The monoisotopic (exact) mass is 360 g/mol. The van der Waals surface area contributed by atoms with Gasteiger partial charge in [-0.1, -0.05) is 98.3 Å². The molecule has 0 heterocycles. The van der Waals surface area contributed by atoms with E-state index in [2.05, 4.69) is 112 Å². The van der Waals surface area contributed by atoms with Crippen molar-refractivity contribution in [3.8, 4) is 33.4 Å². The summed E-state index contributed by atoms with van der Waals surface area (Å²) in [5.41, 5.74) is 12.1. The lowest BCUT2D eigenvalue weighted by atomic mass is 9.80. The first kappa shape index (κ1) is 17.0. The van der Waals surface area contributed by atoms with E-state index in [1.54, 1.807) is 0 Å². The fourth-order valence-corrected chi connectivity index (χ4v) is 4.61. The number of rotatable bonds is 2. The van der Waals surface area contributed by atoms with Crippen molar-refractivity contribution in [2.75, 3.05) is 0 Å². The molecule has 0 bridgehead atoms. The Balaban J connectivity index is 1.87. The minimum atomic E-state index is -0.00892. The van der Waals surface area contributed by atoms with Gasteiger partial charge in [0.1, 0.15) is 0 Å². The number of hydrogen-bond donors (Lipinski definition) is 0. The molecule has 0 heteroatoms. The zero-order chi connectivity index (χ0) is 19.3. The number of fused-ring (bicyclic) bond motifs is 3. The molecule has 0 saturated carbocycles. The van der Waals surface area contributed by atoms with Gasteiger partial charge in [0, 0.05) is 5.41 Å². The first-order chi connectivity index (χ1) is 13.6.